The Kier molecular flexibility index (Phi) is 9.52. The van der Waals surface area contributed by atoms with Crippen LogP contribution < -0.4 is 9.47 Å². The Morgan fingerprint density at radius 3 is 2.64 bits per heavy atom. The molecule has 0 saturated heterocycles. The van der Waals surface area contributed by atoms with Gasteiger partial charge in [0.25, 0.3) is 0 Å². The molecule has 0 atom stereocenters. The van der Waals surface area contributed by atoms with Gasteiger partial charge in [0, 0.05) is 6.07 Å². The van der Waals surface area contributed by atoms with Crippen LogP contribution in [0.1, 0.15) is 64.4 Å². The van der Waals surface area contributed by atoms with Gasteiger partial charge in [0.1, 0.15) is 18.1 Å². The van der Waals surface area contributed by atoms with Gasteiger partial charge in [-0.1, -0.05) is 39.0 Å². The van der Waals surface area contributed by atoms with Gasteiger partial charge in [-0.05, 0) is 25.5 Å². The lowest BCUT2D eigenvalue weighted by atomic mass is 10.1. The van der Waals surface area contributed by atoms with Crippen LogP contribution in [-0.4, -0.2) is 37.5 Å². The molecule has 28 heavy (non-hydrogen) atoms. The zero-order valence-electron chi connectivity index (χ0n) is 17.0. The lowest BCUT2D eigenvalue weighted by molar-refractivity contribution is -0.143. The van der Waals surface area contributed by atoms with Crippen molar-refractivity contribution >= 4 is 11.7 Å². The molecular formula is C22H32O6. The summed E-state index contributed by atoms with van der Waals surface area (Å²) in [5, 5.41) is 10.5. The second kappa shape index (κ2) is 12.2. The molecule has 0 radical (unpaired) electrons. The van der Waals surface area contributed by atoms with E-state index in [1.54, 1.807) is 25.1 Å². The maximum absolute atomic E-state index is 11.3. The molecule has 0 fully saturated rings. The molecule has 0 bridgehead atoms. The second-order valence-electron chi connectivity index (χ2n) is 6.74. The van der Waals surface area contributed by atoms with Gasteiger partial charge in [0.15, 0.2) is 11.5 Å². The van der Waals surface area contributed by atoms with Crippen LogP contribution >= 0.6 is 0 Å². The van der Waals surface area contributed by atoms with E-state index in [2.05, 4.69) is 6.92 Å². The second-order valence-corrected chi connectivity index (χ2v) is 6.74. The third kappa shape index (κ3) is 6.98. The average molecular weight is 392 g/mol. The van der Waals surface area contributed by atoms with E-state index in [0.29, 0.717) is 36.0 Å². The standard InChI is InChI=1S/C22H32O6/c1-3-5-6-7-8-9-13-27-20-16-28-19-15-17(10-11-18(19)22(20)24)26-14-12-21(23)25-4-2/h10-11,15,24H,3-9,12-14,16H2,1-2H3. The van der Waals surface area contributed by atoms with E-state index in [0.717, 1.165) is 12.8 Å². The van der Waals surface area contributed by atoms with E-state index in [4.69, 9.17) is 18.9 Å². The number of fused-ring (bicyclic) bond motifs is 1. The van der Waals surface area contributed by atoms with E-state index in [9.17, 15) is 9.90 Å². The molecule has 156 valence electrons. The van der Waals surface area contributed by atoms with Gasteiger partial charge >= 0.3 is 5.97 Å². The normalized spacial score (nSPS) is 12.9. The van der Waals surface area contributed by atoms with Crippen molar-refractivity contribution in [1.82, 2.24) is 0 Å². The Balaban J connectivity index is 1.81. The maximum atomic E-state index is 11.3. The van der Waals surface area contributed by atoms with Gasteiger partial charge in [-0.3, -0.25) is 4.79 Å². The highest BCUT2D eigenvalue weighted by Gasteiger charge is 2.21. The summed E-state index contributed by atoms with van der Waals surface area (Å²) in [6, 6.07) is 5.18. The Bertz CT molecular complexity index is 652. The lowest BCUT2D eigenvalue weighted by Gasteiger charge is -2.21. The fourth-order valence-electron chi connectivity index (χ4n) is 2.94. The summed E-state index contributed by atoms with van der Waals surface area (Å²) in [5.74, 6) is 1.41. The van der Waals surface area contributed by atoms with Crippen LogP contribution in [0.4, 0.5) is 0 Å². The maximum Gasteiger partial charge on any atom is 0.309 e. The number of carbonyl (C=O) groups is 1. The summed E-state index contributed by atoms with van der Waals surface area (Å²) in [6.45, 7) is 5.34. The number of aliphatic hydroxyl groups excluding tert-OH is 1. The summed E-state index contributed by atoms with van der Waals surface area (Å²) in [6.07, 6.45) is 7.32. The minimum absolute atomic E-state index is 0.116. The summed E-state index contributed by atoms with van der Waals surface area (Å²) in [7, 11) is 0. The Morgan fingerprint density at radius 1 is 1.07 bits per heavy atom. The number of aliphatic hydroxyl groups is 1. The molecule has 1 aromatic carbocycles. The smallest absolute Gasteiger partial charge is 0.309 e. The zero-order valence-corrected chi connectivity index (χ0v) is 17.0. The molecule has 0 amide bonds. The fraction of sp³-hybridized carbons (Fsp3) is 0.591. The van der Waals surface area contributed by atoms with Crippen LogP contribution in [0.2, 0.25) is 0 Å². The van der Waals surface area contributed by atoms with E-state index in [1.165, 1.54) is 25.7 Å². The van der Waals surface area contributed by atoms with Crippen LogP contribution in [0, 0.1) is 0 Å². The Morgan fingerprint density at radius 2 is 1.86 bits per heavy atom. The molecule has 0 aromatic heterocycles. The minimum atomic E-state index is -0.288. The molecule has 1 N–H and O–H groups in total. The quantitative estimate of drug-likeness (QED) is 0.375. The summed E-state index contributed by atoms with van der Waals surface area (Å²) in [5.41, 5.74) is 0.585. The third-order valence-corrected chi connectivity index (χ3v) is 4.49. The molecule has 0 saturated carbocycles. The first kappa shape index (κ1) is 21.9. The highest BCUT2D eigenvalue weighted by atomic mass is 16.5. The number of rotatable bonds is 13. The molecule has 1 aliphatic heterocycles. The number of esters is 1. The number of carbonyl (C=O) groups excluding carboxylic acids is 1. The predicted molar refractivity (Wildman–Crippen MR) is 108 cm³/mol. The summed E-state index contributed by atoms with van der Waals surface area (Å²) >= 11 is 0. The number of unbranched alkanes of at least 4 members (excludes halogenated alkanes) is 5. The zero-order chi connectivity index (χ0) is 20.2. The molecule has 2 rings (SSSR count). The molecule has 1 aliphatic rings. The van der Waals surface area contributed by atoms with Gasteiger partial charge in [-0.2, -0.15) is 0 Å². The van der Waals surface area contributed by atoms with Gasteiger partial charge in [0.2, 0.25) is 0 Å². The van der Waals surface area contributed by atoms with Crippen LogP contribution in [0.15, 0.2) is 24.0 Å². The first-order chi connectivity index (χ1) is 13.7. The van der Waals surface area contributed by atoms with Crippen LogP contribution in [0.5, 0.6) is 11.5 Å². The van der Waals surface area contributed by atoms with Gasteiger partial charge in [-0.25, -0.2) is 0 Å². The number of hydrogen-bond acceptors (Lipinski definition) is 6. The summed E-state index contributed by atoms with van der Waals surface area (Å²) in [4.78, 5) is 11.3. The number of benzene rings is 1. The van der Waals surface area contributed by atoms with Crippen LogP contribution in [0.3, 0.4) is 0 Å². The van der Waals surface area contributed by atoms with E-state index < -0.39 is 0 Å². The van der Waals surface area contributed by atoms with Crippen molar-refractivity contribution in [2.45, 2.75) is 58.8 Å². The molecule has 6 nitrogen and oxygen atoms in total. The molecule has 1 aromatic rings. The fourth-order valence-corrected chi connectivity index (χ4v) is 2.94. The van der Waals surface area contributed by atoms with Gasteiger partial charge < -0.3 is 24.1 Å². The van der Waals surface area contributed by atoms with Gasteiger partial charge in [-0.15, -0.1) is 0 Å². The van der Waals surface area contributed by atoms with Crippen molar-refractivity contribution in [3.05, 3.63) is 29.5 Å². The molecule has 0 aliphatic carbocycles. The number of hydrogen-bond donors (Lipinski definition) is 1. The van der Waals surface area contributed by atoms with E-state index >= 15 is 0 Å². The van der Waals surface area contributed by atoms with Crippen molar-refractivity contribution in [3.63, 3.8) is 0 Å². The largest absolute Gasteiger partial charge is 0.504 e. The first-order valence-electron chi connectivity index (χ1n) is 10.3. The van der Waals surface area contributed by atoms with Crippen molar-refractivity contribution in [2.24, 2.45) is 0 Å². The molecular weight excluding hydrogens is 360 g/mol. The molecule has 0 spiro atoms. The molecule has 6 heteroatoms. The van der Waals surface area contributed by atoms with Crippen LogP contribution in [0.25, 0.3) is 5.76 Å². The third-order valence-electron chi connectivity index (χ3n) is 4.49. The highest BCUT2D eigenvalue weighted by Crippen LogP contribution is 2.34. The van der Waals surface area contributed by atoms with E-state index in [-0.39, 0.29) is 31.4 Å². The van der Waals surface area contributed by atoms with E-state index in [1.807, 2.05) is 0 Å². The summed E-state index contributed by atoms with van der Waals surface area (Å²) < 4.78 is 21.9. The van der Waals surface area contributed by atoms with Gasteiger partial charge in [0.05, 0.1) is 31.8 Å². The van der Waals surface area contributed by atoms with Crippen molar-refractivity contribution in [1.29, 1.82) is 0 Å². The minimum Gasteiger partial charge on any atom is -0.504 e. The van der Waals surface area contributed by atoms with Crippen molar-refractivity contribution in [3.8, 4) is 11.5 Å². The topological polar surface area (TPSA) is 74.2 Å². The van der Waals surface area contributed by atoms with Crippen LogP contribution in [-0.2, 0) is 14.3 Å². The molecule has 0 unspecified atom stereocenters. The molecule has 1 heterocycles. The Hall–Kier alpha value is -2.37. The van der Waals surface area contributed by atoms with Crippen molar-refractivity contribution in [2.75, 3.05) is 26.4 Å². The number of ether oxygens (including phenoxy) is 4. The Labute approximate surface area is 167 Å². The first-order valence-corrected chi connectivity index (χ1v) is 10.3. The average Bonchev–Trinajstić information content (AvgIpc) is 2.69. The highest BCUT2D eigenvalue weighted by molar-refractivity contribution is 5.70. The van der Waals surface area contributed by atoms with Crippen molar-refractivity contribution < 1.29 is 28.8 Å². The lowest BCUT2D eigenvalue weighted by Crippen LogP contribution is -2.14. The predicted octanol–water partition coefficient (Wildman–Crippen LogP) is 5.01. The SMILES string of the molecule is CCCCCCCCOC1=C(O)c2ccc(OCCC(=O)OCC)cc2OC1. The monoisotopic (exact) mass is 392 g/mol.